The van der Waals surface area contributed by atoms with E-state index in [1.807, 2.05) is 6.92 Å². The number of carbonyl (C=O) groups is 2. The molecular weight excluding hydrogens is 288 g/mol. The molecule has 0 aliphatic carbocycles. The van der Waals surface area contributed by atoms with Crippen molar-refractivity contribution in [2.45, 2.75) is 20.3 Å². The van der Waals surface area contributed by atoms with Crippen molar-refractivity contribution in [3.63, 3.8) is 0 Å². The van der Waals surface area contributed by atoms with Crippen LogP contribution in [-0.2, 0) is 0 Å². The van der Waals surface area contributed by atoms with Crippen molar-refractivity contribution in [3.05, 3.63) is 63.7 Å². The molecule has 0 amide bonds. The summed E-state index contributed by atoms with van der Waals surface area (Å²) in [5.74, 6) is -0.746. The van der Waals surface area contributed by atoms with Crippen LogP contribution in [0.2, 0.25) is 5.02 Å². The molecule has 4 heteroatoms. The molecule has 2 aromatic rings. The minimum Gasteiger partial charge on any atom is -0.507 e. The molecule has 21 heavy (non-hydrogen) atoms. The highest BCUT2D eigenvalue weighted by atomic mass is 35.5. The van der Waals surface area contributed by atoms with Gasteiger partial charge in [0.05, 0.1) is 12.0 Å². The second-order valence-corrected chi connectivity index (χ2v) is 5.44. The van der Waals surface area contributed by atoms with E-state index in [0.717, 1.165) is 5.56 Å². The molecule has 0 heterocycles. The molecule has 0 unspecified atom stereocenters. The second-order valence-electron chi connectivity index (χ2n) is 5.01. The summed E-state index contributed by atoms with van der Waals surface area (Å²) in [5, 5.41) is 10.5. The standard InChI is InChI=1S/C17H15ClO3/c1-10-7-11(2)17(21)14(8-10)16(20)9-15(19)12-3-5-13(18)6-4-12/h3-8,21H,9H2,1-2H3. The Labute approximate surface area is 128 Å². The Bertz CT molecular complexity index is 703. The monoisotopic (exact) mass is 302 g/mol. The lowest BCUT2D eigenvalue weighted by Gasteiger charge is -2.08. The number of benzene rings is 2. The van der Waals surface area contributed by atoms with Crippen LogP contribution in [0.25, 0.3) is 0 Å². The van der Waals surface area contributed by atoms with Crippen molar-refractivity contribution in [2.75, 3.05) is 0 Å². The van der Waals surface area contributed by atoms with Gasteiger partial charge in [0.25, 0.3) is 0 Å². The van der Waals surface area contributed by atoms with Gasteiger partial charge in [0, 0.05) is 10.6 Å². The van der Waals surface area contributed by atoms with Crippen molar-refractivity contribution >= 4 is 23.2 Å². The molecule has 3 nitrogen and oxygen atoms in total. The Morgan fingerprint density at radius 3 is 2.29 bits per heavy atom. The first-order valence-corrected chi connectivity index (χ1v) is 6.88. The molecule has 0 saturated heterocycles. The Morgan fingerprint density at radius 1 is 1.05 bits per heavy atom. The Balaban J connectivity index is 2.22. The Hall–Kier alpha value is -2.13. The fraction of sp³-hybridized carbons (Fsp3) is 0.176. The highest BCUT2D eigenvalue weighted by molar-refractivity contribution is 6.30. The zero-order valence-electron chi connectivity index (χ0n) is 11.8. The van der Waals surface area contributed by atoms with Crippen molar-refractivity contribution in [1.29, 1.82) is 0 Å². The van der Waals surface area contributed by atoms with Gasteiger partial charge in [-0.25, -0.2) is 0 Å². The first kappa shape index (κ1) is 15.3. The largest absolute Gasteiger partial charge is 0.507 e. The van der Waals surface area contributed by atoms with Gasteiger partial charge in [-0.1, -0.05) is 17.7 Å². The predicted molar refractivity (Wildman–Crippen MR) is 82.3 cm³/mol. The van der Waals surface area contributed by atoms with E-state index in [2.05, 4.69) is 0 Å². The molecule has 2 aromatic carbocycles. The third kappa shape index (κ3) is 3.50. The number of hydrogen-bond acceptors (Lipinski definition) is 3. The van der Waals surface area contributed by atoms with Crippen LogP contribution < -0.4 is 0 Å². The minimum atomic E-state index is -0.390. The fourth-order valence-corrected chi connectivity index (χ4v) is 2.28. The maximum Gasteiger partial charge on any atom is 0.174 e. The van der Waals surface area contributed by atoms with E-state index in [0.29, 0.717) is 16.1 Å². The number of aromatic hydroxyl groups is 1. The van der Waals surface area contributed by atoms with Gasteiger partial charge in [0.15, 0.2) is 11.6 Å². The van der Waals surface area contributed by atoms with Crippen molar-refractivity contribution in [2.24, 2.45) is 0 Å². The van der Waals surface area contributed by atoms with E-state index >= 15 is 0 Å². The van der Waals surface area contributed by atoms with Gasteiger partial charge in [-0.05, 0) is 55.3 Å². The number of aryl methyl sites for hydroxylation is 2. The first-order valence-electron chi connectivity index (χ1n) is 6.50. The molecule has 0 atom stereocenters. The van der Waals surface area contributed by atoms with Crippen molar-refractivity contribution in [3.8, 4) is 5.75 Å². The predicted octanol–water partition coefficient (Wildman–Crippen LogP) is 4.12. The van der Waals surface area contributed by atoms with Crippen LogP contribution >= 0.6 is 11.6 Å². The number of hydrogen-bond donors (Lipinski definition) is 1. The lowest BCUT2D eigenvalue weighted by molar-refractivity contribution is 0.0893. The number of carbonyl (C=O) groups excluding carboxylic acids is 2. The summed E-state index contributed by atoms with van der Waals surface area (Å²) in [4.78, 5) is 24.3. The normalized spacial score (nSPS) is 10.4. The maximum absolute atomic E-state index is 12.2. The molecule has 0 aliphatic heterocycles. The molecule has 0 aliphatic rings. The molecule has 0 bridgehead atoms. The summed E-state index contributed by atoms with van der Waals surface area (Å²) in [6.45, 7) is 3.56. The maximum atomic E-state index is 12.2. The van der Waals surface area contributed by atoms with E-state index < -0.39 is 0 Å². The lowest BCUT2D eigenvalue weighted by Crippen LogP contribution is -2.09. The van der Waals surface area contributed by atoms with Gasteiger partial charge in [-0.15, -0.1) is 0 Å². The summed E-state index contributed by atoms with van der Waals surface area (Å²) < 4.78 is 0. The van der Waals surface area contributed by atoms with Crippen LogP contribution in [0.15, 0.2) is 36.4 Å². The van der Waals surface area contributed by atoms with E-state index in [4.69, 9.17) is 11.6 Å². The zero-order chi connectivity index (χ0) is 15.6. The zero-order valence-corrected chi connectivity index (χ0v) is 12.6. The average molecular weight is 303 g/mol. The number of halogens is 1. The second kappa shape index (κ2) is 6.10. The molecule has 0 radical (unpaired) electrons. The van der Waals surface area contributed by atoms with Gasteiger partial charge in [0.2, 0.25) is 0 Å². The molecule has 0 saturated carbocycles. The van der Waals surface area contributed by atoms with Gasteiger partial charge in [0.1, 0.15) is 5.75 Å². The van der Waals surface area contributed by atoms with E-state index in [9.17, 15) is 14.7 Å². The summed E-state index contributed by atoms with van der Waals surface area (Å²) in [6, 6.07) is 9.76. The van der Waals surface area contributed by atoms with Gasteiger partial charge >= 0.3 is 0 Å². The first-order chi connectivity index (χ1) is 9.88. The number of phenols is 1. The Kier molecular flexibility index (Phi) is 4.43. The molecule has 0 aromatic heterocycles. The van der Waals surface area contributed by atoms with Gasteiger partial charge < -0.3 is 5.11 Å². The third-order valence-electron chi connectivity index (χ3n) is 3.23. The third-order valence-corrected chi connectivity index (χ3v) is 3.48. The van der Waals surface area contributed by atoms with Crippen LogP contribution in [0.1, 0.15) is 38.3 Å². The lowest BCUT2D eigenvalue weighted by atomic mass is 9.97. The fourth-order valence-electron chi connectivity index (χ4n) is 2.15. The molecular formula is C17H15ClO3. The summed E-state index contributed by atoms with van der Waals surface area (Å²) in [6.07, 6.45) is -0.280. The summed E-state index contributed by atoms with van der Waals surface area (Å²) >= 11 is 5.76. The highest BCUT2D eigenvalue weighted by Crippen LogP contribution is 2.25. The quantitative estimate of drug-likeness (QED) is 0.683. The number of Topliss-reactive ketones (excluding diaryl/α,β-unsaturated/α-hetero) is 2. The molecule has 0 fully saturated rings. The molecule has 108 valence electrons. The SMILES string of the molecule is Cc1cc(C)c(O)c(C(=O)CC(=O)c2ccc(Cl)cc2)c1. The minimum absolute atomic E-state index is 0.0606. The number of ketones is 2. The number of phenolic OH excluding ortho intramolecular Hbond substituents is 1. The molecule has 0 spiro atoms. The van der Waals surface area contributed by atoms with Crippen LogP contribution in [0.5, 0.6) is 5.75 Å². The summed E-state index contributed by atoms with van der Waals surface area (Å²) in [5.41, 5.74) is 2.11. The van der Waals surface area contributed by atoms with E-state index in [1.165, 1.54) is 0 Å². The van der Waals surface area contributed by atoms with Crippen LogP contribution in [0.4, 0.5) is 0 Å². The van der Waals surface area contributed by atoms with Crippen LogP contribution in [0.3, 0.4) is 0 Å². The van der Waals surface area contributed by atoms with E-state index in [1.54, 1.807) is 43.3 Å². The van der Waals surface area contributed by atoms with Gasteiger partial charge in [-0.3, -0.25) is 9.59 Å². The average Bonchev–Trinajstić information content (AvgIpc) is 2.43. The van der Waals surface area contributed by atoms with Crippen LogP contribution in [-0.4, -0.2) is 16.7 Å². The van der Waals surface area contributed by atoms with E-state index in [-0.39, 0.29) is 29.3 Å². The van der Waals surface area contributed by atoms with Crippen molar-refractivity contribution < 1.29 is 14.7 Å². The smallest absolute Gasteiger partial charge is 0.174 e. The molecule has 1 N–H and O–H groups in total. The van der Waals surface area contributed by atoms with Gasteiger partial charge in [-0.2, -0.15) is 0 Å². The number of rotatable bonds is 4. The highest BCUT2D eigenvalue weighted by Gasteiger charge is 2.18. The van der Waals surface area contributed by atoms with Crippen molar-refractivity contribution in [1.82, 2.24) is 0 Å². The molecule has 2 rings (SSSR count). The van der Waals surface area contributed by atoms with Crippen LogP contribution in [0, 0.1) is 13.8 Å². The summed E-state index contributed by atoms with van der Waals surface area (Å²) in [7, 11) is 0. The topological polar surface area (TPSA) is 54.4 Å². The Morgan fingerprint density at radius 2 is 1.67 bits per heavy atom.